The molecule has 2 aromatic heterocycles. The quantitative estimate of drug-likeness (QED) is 0.634. The van der Waals surface area contributed by atoms with Crippen LogP contribution in [-0.4, -0.2) is 36.0 Å². The predicted octanol–water partition coefficient (Wildman–Crippen LogP) is 4.30. The van der Waals surface area contributed by atoms with Crippen molar-refractivity contribution in [3.05, 3.63) is 58.3 Å². The van der Waals surface area contributed by atoms with Gasteiger partial charge in [-0.1, -0.05) is 24.6 Å². The van der Waals surface area contributed by atoms with E-state index in [0.29, 0.717) is 36.0 Å². The van der Waals surface area contributed by atoms with Crippen LogP contribution in [0.1, 0.15) is 29.7 Å². The van der Waals surface area contributed by atoms with E-state index in [-0.39, 0.29) is 0 Å². The zero-order valence-electron chi connectivity index (χ0n) is 16.3. The first-order valence-electron chi connectivity index (χ1n) is 9.75. The highest BCUT2D eigenvalue weighted by atomic mass is 32.2. The van der Waals surface area contributed by atoms with Crippen LogP contribution in [0.5, 0.6) is 0 Å². The molecular formula is C21H24N4O2S2. The van der Waals surface area contributed by atoms with E-state index in [1.165, 1.54) is 4.88 Å². The van der Waals surface area contributed by atoms with Gasteiger partial charge in [0.05, 0.1) is 17.1 Å². The molecule has 0 spiro atoms. The number of aromatic nitrogens is 2. The maximum absolute atomic E-state index is 13.1. The molecule has 0 atom stereocenters. The standard InChI is InChI=1S/C21H24N4O2S2/c1-16-7-8-17(14-20(16)29(26,27)25-11-3-2-4-12-25)19-9-10-21(24-23-19)22-15-18-6-5-13-28-18/h5-10,13-14H,2-4,11-12,15H2,1H3,(H,22,24). The third-order valence-corrected chi connectivity index (χ3v) is 8.02. The summed E-state index contributed by atoms with van der Waals surface area (Å²) in [6, 6.07) is 13.3. The highest BCUT2D eigenvalue weighted by Gasteiger charge is 2.27. The van der Waals surface area contributed by atoms with Crippen LogP contribution >= 0.6 is 11.3 Å². The SMILES string of the molecule is Cc1ccc(-c2ccc(NCc3cccs3)nn2)cc1S(=O)(=O)N1CCCCC1. The Morgan fingerprint density at radius 3 is 2.59 bits per heavy atom. The van der Waals surface area contributed by atoms with Crippen LogP contribution in [0.15, 0.2) is 52.7 Å². The van der Waals surface area contributed by atoms with Gasteiger partial charge in [0.1, 0.15) is 5.82 Å². The van der Waals surface area contributed by atoms with Gasteiger partial charge >= 0.3 is 0 Å². The number of hydrogen-bond donors (Lipinski definition) is 1. The van der Waals surface area contributed by atoms with Crippen molar-refractivity contribution in [2.24, 2.45) is 0 Å². The lowest BCUT2D eigenvalue weighted by Crippen LogP contribution is -2.35. The summed E-state index contributed by atoms with van der Waals surface area (Å²) in [5.41, 5.74) is 2.16. The summed E-state index contributed by atoms with van der Waals surface area (Å²) in [5.74, 6) is 0.690. The molecule has 0 saturated carbocycles. The first-order chi connectivity index (χ1) is 14.0. The lowest BCUT2D eigenvalue weighted by atomic mass is 10.1. The minimum Gasteiger partial charge on any atom is -0.364 e. The predicted molar refractivity (Wildman–Crippen MR) is 116 cm³/mol. The molecule has 6 nitrogen and oxygen atoms in total. The largest absolute Gasteiger partial charge is 0.364 e. The molecule has 4 rings (SSSR count). The summed E-state index contributed by atoms with van der Waals surface area (Å²) in [4.78, 5) is 1.58. The third-order valence-electron chi connectivity index (χ3n) is 5.11. The van der Waals surface area contributed by atoms with Crippen LogP contribution in [0.2, 0.25) is 0 Å². The van der Waals surface area contributed by atoms with Crippen molar-refractivity contribution in [3.63, 3.8) is 0 Å². The molecule has 8 heteroatoms. The van der Waals surface area contributed by atoms with E-state index >= 15 is 0 Å². The van der Waals surface area contributed by atoms with Gasteiger partial charge < -0.3 is 5.32 Å². The van der Waals surface area contributed by atoms with Gasteiger partial charge in [0.15, 0.2) is 0 Å². The van der Waals surface area contributed by atoms with Gasteiger partial charge in [-0.2, -0.15) is 4.31 Å². The fourth-order valence-corrected chi connectivity index (χ4v) is 5.87. The van der Waals surface area contributed by atoms with Crippen molar-refractivity contribution < 1.29 is 8.42 Å². The minimum absolute atomic E-state index is 0.360. The Morgan fingerprint density at radius 2 is 1.90 bits per heavy atom. The van der Waals surface area contributed by atoms with Gasteiger partial charge in [-0.3, -0.25) is 0 Å². The molecule has 0 amide bonds. The molecule has 1 N–H and O–H groups in total. The van der Waals surface area contributed by atoms with E-state index < -0.39 is 10.0 Å². The lowest BCUT2D eigenvalue weighted by Gasteiger charge is -2.26. The molecule has 0 aliphatic carbocycles. The van der Waals surface area contributed by atoms with Crippen molar-refractivity contribution in [2.75, 3.05) is 18.4 Å². The molecule has 0 radical (unpaired) electrons. The summed E-state index contributed by atoms with van der Waals surface area (Å²) in [5, 5.41) is 13.8. The number of nitrogens with zero attached hydrogens (tertiary/aromatic N) is 3. The second-order valence-corrected chi connectivity index (χ2v) is 10.1. The molecule has 152 valence electrons. The summed E-state index contributed by atoms with van der Waals surface area (Å²) in [6.07, 6.45) is 2.93. The summed E-state index contributed by atoms with van der Waals surface area (Å²) < 4.78 is 27.9. The van der Waals surface area contributed by atoms with Gasteiger partial charge in [0, 0.05) is 23.5 Å². The monoisotopic (exact) mass is 428 g/mol. The van der Waals surface area contributed by atoms with E-state index in [0.717, 1.165) is 30.4 Å². The maximum Gasteiger partial charge on any atom is 0.243 e. The second-order valence-electron chi connectivity index (χ2n) is 7.18. The fourth-order valence-electron chi connectivity index (χ4n) is 3.45. The average molecular weight is 429 g/mol. The van der Waals surface area contributed by atoms with Crippen molar-refractivity contribution in [2.45, 2.75) is 37.6 Å². The number of piperidine rings is 1. The van der Waals surface area contributed by atoms with Gasteiger partial charge in [0.2, 0.25) is 10.0 Å². The summed E-state index contributed by atoms with van der Waals surface area (Å²) in [7, 11) is -3.49. The maximum atomic E-state index is 13.1. The number of sulfonamides is 1. The van der Waals surface area contributed by atoms with Gasteiger partial charge in [0.25, 0.3) is 0 Å². The molecule has 0 bridgehead atoms. The third kappa shape index (κ3) is 4.49. The van der Waals surface area contributed by atoms with Crippen molar-refractivity contribution in [1.29, 1.82) is 0 Å². The molecule has 3 aromatic rings. The average Bonchev–Trinajstić information content (AvgIpc) is 3.27. The molecule has 1 aliphatic heterocycles. The van der Waals surface area contributed by atoms with Crippen molar-refractivity contribution in [1.82, 2.24) is 14.5 Å². The van der Waals surface area contributed by atoms with Gasteiger partial charge in [-0.25, -0.2) is 8.42 Å². The molecule has 1 saturated heterocycles. The van der Waals surface area contributed by atoms with Crippen molar-refractivity contribution >= 4 is 27.2 Å². The highest BCUT2D eigenvalue weighted by molar-refractivity contribution is 7.89. The van der Waals surface area contributed by atoms with Crippen LogP contribution in [0.25, 0.3) is 11.3 Å². The highest BCUT2D eigenvalue weighted by Crippen LogP contribution is 2.28. The Kier molecular flexibility index (Phi) is 5.94. The normalized spacial score (nSPS) is 15.3. The van der Waals surface area contributed by atoms with Crippen LogP contribution in [0, 0.1) is 6.92 Å². The van der Waals surface area contributed by atoms with E-state index in [4.69, 9.17) is 0 Å². The Hall–Kier alpha value is -2.29. The number of aryl methyl sites for hydroxylation is 1. The van der Waals surface area contributed by atoms with Crippen LogP contribution in [-0.2, 0) is 16.6 Å². The van der Waals surface area contributed by atoms with Crippen molar-refractivity contribution in [3.8, 4) is 11.3 Å². The second kappa shape index (κ2) is 8.61. The van der Waals surface area contributed by atoms with E-state index in [1.807, 2.05) is 42.6 Å². The molecule has 3 heterocycles. The molecule has 1 aliphatic rings. The topological polar surface area (TPSA) is 75.2 Å². The van der Waals surface area contributed by atoms with Crippen LogP contribution in [0.4, 0.5) is 5.82 Å². The fraction of sp³-hybridized carbons (Fsp3) is 0.333. The van der Waals surface area contributed by atoms with E-state index in [9.17, 15) is 8.42 Å². The van der Waals surface area contributed by atoms with Gasteiger partial charge in [-0.05, 0) is 55.0 Å². The number of benzene rings is 1. The summed E-state index contributed by atoms with van der Waals surface area (Å²) >= 11 is 1.69. The van der Waals surface area contributed by atoms with E-state index in [1.54, 1.807) is 21.7 Å². The lowest BCUT2D eigenvalue weighted by molar-refractivity contribution is 0.346. The number of anilines is 1. The molecule has 29 heavy (non-hydrogen) atoms. The Bertz CT molecular complexity index is 1060. The first-order valence-corrected chi connectivity index (χ1v) is 12.1. The van der Waals surface area contributed by atoms with Crippen LogP contribution in [0.3, 0.4) is 0 Å². The number of nitrogens with one attached hydrogen (secondary N) is 1. The molecule has 1 aromatic carbocycles. The number of hydrogen-bond acceptors (Lipinski definition) is 6. The zero-order valence-corrected chi connectivity index (χ0v) is 18.0. The first kappa shape index (κ1) is 20.0. The molecule has 1 fully saturated rings. The molecule has 0 unspecified atom stereocenters. The van der Waals surface area contributed by atoms with Gasteiger partial charge in [-0.15, -0.1) is 21.5 Å². The Morgan fingerprint density at radius 1 is 1.07 bits per heavy atom. The zero-order chi connectivity index (χ0) is 20.3. The smallest absolute Gasteiger partial charge is 0.243 e. The number of rotatable bonds is 6. The minimum atomic E-state index is -3.49. The number of thiophene rings is 1. The Balaban J connectivity index is 1.55. The Labute approximate surface area is 175 Å². The van der Waals surface area contributed by atoms with E-state index in [2.05, 4.69) is 21.6 Å². The molecular weight excluding hydrogens is 404 g/mol. The summed E-state index contributed by atoms with van der Waals surface area (Å²) in [6.45, 7) is 3.73. The van der Waals surface area contributed by atoms with Crippen LogP contribution < -0.4 is 5.32 Å².